The van der Waals surface area contributed by atoms with Gasteiger partial charge in [-0.3, -0.25) is 0 Å². The van der Waals surface area contributed by atoms with E-state index in [0.29, 0.717) is 18.5 Å². The molecule has 1 N–H and O–H groups in total. The fourth-order valence-electron chi connectivity index (χ4n) is 2.52. The van der Waals surface area contributed by atoms with E-state index in [-0.39, 0.29) is 0 Å². The number of fused-ring (bicyclic) bond motifs is 1. The van der Waals surface area contributed by atoms with E-state index in [1.165, 1.54) is 23.3 Å². The molecule has 0 amide bonds. The Morgan fingerprint density at radius 2 is 2.40 bits per heavy atom. The van der Waals surface area contributed by atoms with Crippen LogP contribution in [0.5, 0.6) is 5.88 Å². The molecule has 1 aliphatic rings. The average molecular weight is 289 g/mol. The third-order valence-electron chi connectivity index (χ3n) is 3.47. The molecule has 1 aliphatic carbocycles. The van der Waals surface area contributed by atoms with Crippen LogP contribution < -0.4 is 10.1 Å². The van der Waals surface area contributed by atoms with Crippen molar-refractivity contribution in [2.45, 2.75) is 38.6 Å². The summed E-state index contributed by atoms with van der Waals surface area (Å²) in [5.41, 5.74) is 1.43. The lowest BCUT2D eigenvalue weighted by molar-refractivity contribution is 0.305. The van der Waals surface area contributed by atoms with E-state index in [4.69, 9.17) is 4.74 Å². The van der Waals surface area contributed by atoms with Gasteiger partial charge in [-0.05, 0) is 42.7 Å². The van der Waals surface area contributed by atoms with E-state index >= 15 is 0 Å². The van der Waals surface area contributed by atoms with Crippen molar-refractivity contribution in [2.75, 3.05) is 11.9 Å². The van der Waals surface area contributed by atoms with Gasteiger partial charge in [0.25, 0.3) is 0 Å². The van der Waals surface area contributed by atoms with Crippen LogP contribution in [-0.2, 0) is 6.42 Å². The molecule has 2 aromatic rings. The molecule has 5 heteroatoms. The Labute approximate surface area is 123 Å². The van der Waals surface area contributed by atoms with Crippen LogP contribution in [0.3, 0.4) is 0 Å². The highest BCUT2D eigenvalue weighted by Gasteiger charge is 2.21. The first-order valence-corrected chi connectivity index (χ1v) is 8.02. The first-order valence-electron chi connectivity index (χ1n) is 7.14. The van der Waals surface area contributed by atoms with Gasteiger partial charge in [-0.25, -0.2) is 9.97 Å². The van der Waals surface area contributed by atoms with Gasteiger partial charge in [0.15, 0.2) is 0 Å². The number of ether oxygens (including phenoxy) is 1. The molecule has 20 heavy (non-hydrogen) atoms. The molecule has 2 aromatic heterocycles. The summed E-state index contributed by atoms with van der Waals surface area (Å²) in [5, 5.41) is 5.70. The molecule has 0 aliphatic heterocycles. The summed E-state index contributed by atoms with van der Waals surface area (Å²) in [6.45, 7) is 2.77. The molecule has 0 spiro atoms. The lowest BCUT2D eigenvalue weighted by atomic mass is 9.94. The lowest BCUT2D eigenvalue weighted by Gasteiger charge is -2.24. The SMILES string of the molecule is CCCOc1cc(NC2CCCc3sccc32)ncn1. The summed E-state index contributed by atoms with van der Waals surface area (Å²) in [6, 6.07) is 4.47. The van der Waals surface area contributed by atoms with Crippen LogP contribution in [0.2, 0.25) is 0 Å². The van der Waals surface area contributed by atoms with Gasteiger partial charge in [0, 0.05) is 10.9 Å². The number of nitrogens with one attached hydrogen (secondary N) is 1. The Hall–Kier alpha value is -1.62. The average Bonchev–Trinajstić information content (AvgIpc) is 2.95. The zero-order valence-electron chi connectivity index (χ0n) is 11.6. The quantitative estimate of drug-likeness (QED) is 0.909. The second-order valence-corrected chi connectivity index (χ2v) is 5.98. The highest BCUT2D eigenvalue weighted by atomic mass is 32.1. The summed E-state index contributed by atoms with van der Waals surface area (Å²) in [5.74, 6) is 1.49. The Balaban J connectivity index is 1.72. The molecule has 0 saturated heterocycles. The van der Waals surface area contributed by atoms with E-state index in [1.807, 2.05) is 17.4 Å². The predicted octanol–water partition coefficient (Wildman–Crippen LogP) is 3.82. The van der Waals surface area contributed by atoms with Crippen LogP contribution >= 0.6 is 11.3 Å². The molecule has 2 heterocycles. The molecule has 0 fully saturated rings. The van der Waals surface area contributed by atoms with Gasteiger partial charge in [-0.15, -0.1) is 11.3 Å². The van der Waals surface area contributed by atoms with E-state index in [2.05, 4.69) is 33.7 Å². The molecule has 0 bridgehead atoms. The van der Waals surface area contributed by atoms with Gasteiger partial charge >= 0.3 is 0 Å². The first-order chi connectivity index (χ1) is 9.86. The summed E-state index contributed by atoms with van der Waals surface area (Å²) in [6.07, 6.45) is 6.13. The Morgan fingerprint density at radius 1 is 1.45 bits per heavy atom. The van der Waals surface area contributed by atoms with Crippen LogP contribution in [-0.4, -0.2) is 16.6 Å². The van der Waals surface area contributed by atoms with Crippen LogP contribution in [0.4, 0.5) is 5.82 Å². The van der Waals surface area contributed by atoms with Gasteiger partial charge in [0.05, 0.1) is 12.6 Å². The standard InChI is InChI=1S/C15H19N3OS/c1-2-7-19-15-9-14(16-10-17-15)18-12-4-3-5-13-11(12)6-8-20-13/h6,8-10,12H,2-5,7H2,1H3,(H,16,17,18). The fourth-order valence-corrected chi connectivity index (χ4v) is 3.51. The molecule has 1 unspecified atom stereocenters. The smallest absolute Gasteiger partial charge is 0.218 e. The molecular weight excluding hydrogens is 270 g/mol. The fraction of sp³-hybridized carbons (Fsp3) is 0.467. The molecule has 4 nitrogen and oxygen atoms in total. The first kappa shape index (κ1) is 13.4. The second kappa shape index (κ2) is 6.22. The number of hydrogen-bond donors (Lipinski definition) is 1. The summed E-state index contributed by atoms with van der Waals surface area (Å²) in [4.78, 5) is 9.94. The van der Waals surface area contributed by atoms with E-state index in [0.717, 1.165) is 18.7 Å². The maximum absolute atomic E-state index is 5.55. The Bertz CT molecular complexity index is 570. The van der Waals surface area contributed by atoms with Gasteiger partial charge < -0.3 is 10.1 Å². The maximum Gasteiger partial charge on any atom is 0.218 e. The van der Waals surface area contributed by atoms with Crippen molar-refractivity contribution in [1.82, 2.24) is 9.97 Å². The van der Waals surface area contributed by atoms with E-state index < -0.39 is 0 Å². The van der Waals surface area contributed by atoms with Crippen LogP contribution in [0.25, 0.3) is 0 Å². The highest BCUT2D eigenvalue weighted by molar-refractivity contribution is 7.10. The van der Waals surface area contributed by atoms with Gasteiger partial charge in [0.2, 0.25) is 5.88 Å². The maximum atomic E-state index is 5.55. The van der Waals surface area contributed by atoms with Crippen molar-refractivity contribution < 1.29 is 4.74 Å². The minimum atomic E-state index is 0.360. The Kier molecular flexibility index (Phi) is 4.16. The summed E-state index contributed by atoms with van der Waals surface area (Å²) >= 11 is 1.86. The third kappa shape index (κ3) is 2.93. The summed E-state index contributed by atoms with van der Waals surface area (Å²) < 4.78 is 5.55. The topological polar surface area (TPSA) is 47.0 Å². The molecule has 0 saturated carbocycles. The molecule has 0 radical (unpaired) electrons. The van der Waals surface area contributed by atoms with Crippen molar-refractivity contribution in [1.29, 1.82) is 0 Å². The van der Waals surface area contributed by atoms with Crippen LogP contribution in [0, 0.1) is 0 Å². The van der Waals surface area contributed by atoms with Gasteiger partial charge in [-0.2, -0.15) is 0 Å². The van der Waals surface area contributed by atoms with E-state index in [1.54, 1.807) is 6.33 Å². The lowest BCUT2D eigenvalue weighted by Crippen LogP contribution is -2.16. The van der Waals surface area contributed by atoms with Gasteiger partial charge in [0.1, 0.15) is 12.1 Å². The number of thiophene rings is 1. The predicted molar refractivity (Wildman–Crippen MR) is 81.4 cm³/mol. The number of anilines is 1. The third-order valence-corrected chi connectivity index (χ3v) is 4.47. The highest BCUT2D eigenvalue weighted by Crippen LogP contribution is 2.35. The van der Waals surface area contributed by atoms with Gasteiger partial charge in [-0.1, -0.05) is 6.92 Å². The largest absolute Gasteiger partial charge is 0.478 e. The zero-order chi connectivity index (χ0) is 13.8. The van der Waals surface area contributed by atoms with E-state index in [9.17, 15) is 0 Å². The molecular formula is C15H19N3OS. The number of nitrogens with zero attached hydrogens (tertiary/aromatic N) is 2. The van der Waals surface area contributed by atoms with Crippen LogP contribution in [0.1, 0.15) is 42.7 Å². The minimum absolute atomic E-state index is 0.360. The van der Waals surface area contributed by atoms with Crippen molar-refractivity contribution in [2.24, 2.45) is 0 Å². The number of aromatic nitrogens is 2. The van der Waals surface area contributed by atoms with Crippen LogP contribution in [0.15, 0.2) is 23.8 Å². The number of hydrogen-bond acceptors (Lipinski definition) is 5. The Morgan fingerprint density at radius 3 is 3.30 bits per heavy atom. The monoisotopic (exact) mass is 289 g/mol. The minimum Gasteiger partial charge on any atom is -0.478 e. The molecule has 1 atom stereocenters. The molecule has 3 rings (SSSR count). The van der Waals surface area contributed by atoms with Crippen molar-refractivity contribution in [3.8, 4) is 5.88 Å². The number of aryl methyl sites for hydroxylation is 1. The number of rotatable bonds is 5. The van der Waals surface area contributed by atoms with Crippen molar-refractivity contribution >= 4 is 17.2 Å². The zero-order valence-corrected chi connectivity index (χ0v) is 12.4. The summed E-state index contributed by atoms with van der Waals surface area (Å²) in [7, 11) is 0. The van der Waals surface area contributed by atoms with Crippen molar-refractivity contribution in [3.63, 3.8) is 0 Å². The normalized spacial score (nSPS) is 17.6. The molecule has 0 aromatic carbocycles. The van der Waals surface area contributed by atoms with Crippen molar-refractivity contribution in [3.05, 3.63) is 34.3 Å². The second-order valence-electron chi connectivity index (χ2n) is 4.98. The molecule has 106 valence electrons.